The molecule has 0 aromatic heterocycles. The predicted molar refractivity (Wildman–Crippen MR) is 45.7 cm³/mol. The third-order valence-corrected chi connectivity index (χ3v) is 4.04. The molecule has 0 aromatic rings. The number of nitrogens with zero attached hydrogens (tertiary/aromatic N) is 1. The van der Waals surface area contributed by atoms with E-state index < -0.39 is 6.17 Å². The molecule has 12 heavy (non-hydrogen) atoms. The van der Waals surface area contributed by atoms with E-state index in [1.54, 1.807) is 0 Å². The molecule has 0 N–H and O–H groups in total. The maximum Gasteiger partial charge on any atom is 0.125 e. The molecule has 3 aliphatic rings. The van der Waals surface area contributed by atoms with Gasteiger partial charge in [0.05, 0.1) is 0 Å². The molecule has 2 bridgehead atoms. The van der Waals surface area contributed by atoms with Crippen LogP contribution in [0.4, 0.5) is 4.39 Å². The summed E-state index contributed by atoms with van der Waals surface area (Å²) in [6.07, 6.45) is 5.18. The normalized spacial score (nSPS) is 48.2. The summed E-state index contributed by atoms with van der Waals surface area (Å²) in [6, 6.07) is 0.774. The highest BCUT2D eigenvalue weighted by atomic mass is 19.1. The third-order valence-electron chi connectivity index (χ3n) is 4.04. The smallest absolute Gasteiger partial charge is 0.125 e. The molecule has 0 radical (unpaired) electrons. The molecular formula is C10H16FN. The summed E-state index contributed by atoms with van der Waals surface area (Å²) in [7, 11) is 0. The van der Waals surface area contributed by atoms with Crippen molar-refractivity contribution in [3.8, 4) is 0 Å². The first kappa shape index (κ1) is 7.31. The van der Waals surface area contributed by atoms with Gasteiger partial charge < -0.3 is 0 Å². The minimum atomic E-state index is -0.510. The van der Waals surface area contributed by atoms with Crippen molar-refractivity contribution in [1.82, 2.24) is 4.90 Å². The summed E-state index contributed by atoms with van der Waals surface area (Å²) in [5, 5.41) is 0. The van der Waals surface area contributed by atoms with Crippen molar-refractivity contribution in [2.75, 3.05) is 13.1 Å². The number of alkyl halides is 1. The van der Waals surface area contributed by atoms with E-state index in [1.807, 2.05) is 0 Å². The molecule has 3 fully saturated rings. The maximum atomic E-state index is 12.6. The quantitative estimate of drug-likeness (QED) is 0.579. The first-order valence-corrected chi connectivity index (χ1v) is 5.21. The van der Waals surface area contributed by atoms with Gasteiger partial charge in [0.2, 0.25) is 0 Å². The van der Waals surface area contributed by atoms with Gasteiger partial charge in [-0.3, -0.25) is 4.90 Å². The van der Waals surface area contributed by atoms with Crippen LogP contribution in [0.2, 0.25) is 0 Å². The second-order valence-corrected chi connectivity index (χ2v) is 4.79. The average molecular weight is 169 g/mol. The Kier molecular flexibility index (Phi) is 1.49. The lowest BCUT2D eigenvalue weighted by Crippen LogP contribution is -2.55. The highest BCUT2D eigenvalue weighted by molar-refractivity contribution is 4.98. The summed E-state index contributed by atoms with van der Waals surface area (Å²) in [6.45, 7) is 1.46. The Morgan fingerprint density at radius 1 is 1.08 bits per heavy atom. The number of hydrogen-bond acceptors (Lipinski definition) is 1. The minimum Gasteiger partial charge on any atom is -0.294 e. The van der Waals surface area contributed by atoms with Gasteiger partial charge in [0.15, 0.2) is 0 Å². The molecule has 2 heteroatoms. The molecule has 1 aliphatic heterocycles. The molecule has 2 aliphatic carbocycles. The second-order valence-electron chi connectivity index (χ2n) is 4.79. The van der Waals surface area contributed by atoms with E-state index in [2.05, 4.69) is 4.90 Å². The van der Waals surface area contributed by atoms with E-state index in [9.17, 15) is 4.39 Å². The zero-order chi connectivity index (χ0) is 8.13. The van der Waals surface area contributed by atoms with Crippen LogP contribution >= 0.6 is 0 Å². The Hall–Kier alpha value is -0.110. The maximum absolute atomic E-state index is 12.6. The largest absolute Gasteiger partial charge is 0.294 e. The zero-order valence-electron chi connectivity index (χ0n) is 7.38. The second kappa shape index (κ2) is 2.44. The standard InChI is InChI=1S/C10H16FN/c11-9-5-12(6-9)10-4-7-1-2-8(10)3-7/h7-10H,1-6H2. The molecule has 3 unspecified atom stereocenters. The Morgan fingerprint density at radius 2 is 1.92 bits per heavy atom. The number of hydrogen-bond donors (Lipinski definition) is 0. The lowest BCUT2D eigenvalue weighted by molar-refractivity contribution is 0.00721. The fourth-order valence-corrected chi connectivity index (χ4v) is 3.38. The van der Waals surface area contributed by atoms with Gasteiger partial charge in [-0.25, -0.2) is 4.39 Å². The summed E-state index contributed by atoms with van der Waals surface area (Å²) in [5.41, 5.74) is 0. The molecule has 3 atom stereocenters. The molecule has 0 amide bonds. The Morgan fingerprint density at radius 3 is 2.42 bits per heavy atom. The Balaban J connectivity index is 1.64. The molecule has 3 rings (SSSR count). The monoisotopic (exact) mass is 169 g/mol. The van der Waals surface area contributed by atoms with Gasteiger partial charge in [-0.15, -0.1) is 0 Å². The molecule has 2 saturated carbocycles. The van der Waals surface area contributed by atoms with Crippen molar-refractivity contribution < 1.29 is 4.39 Å². The highest BCUT2D eigenvalue weighted by Crippen LogP contribution is 2.47. The van der Waals surface area contributed by atoms with Gasteiger partial charge in [0.25, 0.3) is 0 Å². The van der Waals surface area contributed by atoms with Crippen LogP contribution < -0.4 is 0 Å². The van der Waals surface area contributed by atoms with Crippen molar-refractivity contribution in [1.29, 1.82) is 0 Å². The molecule has 68 valence electrons. The molecule has 1 nitrogen and oxygen atoms in total. The van der Waals surface area contributed by atoms with Crippen LogP contribution in [0, 0.1) is 11.8 Å². The zero-order valence-corrected chi connectivity index (χ0v) is 7.38. The van der Waals surface area contributed by atoms with E-state index in [-0.39, 0.29) is 0 Å². The molecular weight excluding hydrogens is 153 g/mol. The number of halogens is 1. The van der Waals surface area contributed by atoms with Crippen LogP contribution in [-0.4, -0.2) is 30.2 Å². The summed E-state index contributed by atoms with van der Waals surface area (Å²) in [4.78, 5) is 2.37. The lowest BCUT2D eigenvalue weighted by Gasteiger charge is -2.42. The predicted octanol–water partition coefficient (Wildman–Crippen LogP) is 1.83. The first-order chi connectivity index (χ1) is 5.83. The van der Waals surface area contributed by atoms with Gasteiger partial charge in [-0.05, 0) is 31.1 Å². The van der Waals surface area contributed by atoms with Gasteiger partial charge in [0.1, 0.15) is 6.17 Å². The summed E-state index contributed by atoms with van der Waals surface area (Å²) >= 11 is 0. The van der Waals surface area contributed by atoms with Crippen LogP contribution in [0.1, 0.15) is 25.7 Å². The topological polar surface area (TPSA) is 3.24 Å². The fraction of sp³-hybridized carbons (Fsp3) is 1.00. The first-order valence-electron chi connectivity index (χ1n) is 5.21. The molecule has 0 aromatic carbocycles. The van der Waals surface area contributed by atoms with E-state index in [0.717, 1.165) is 31.0 Å². The van der Waals surface area contributed by atoms with Crippen LogP contribution in [0.15, 0.2) is 0 Å². The third kappa shape index (κ3) is 0.936. The van der Waals surface area contributed by atoms with Gasteiger partial charge in [-0.2, -0.15) is 0 Å². The van der Waals surface area contributed by atoms with E-state index >= 15 is 0 Å². The molecule has 1 saturated heterocycles. The summed E-state index contributed by atoms with van der Waals surface area (Å²) in [5.74, 6) is 1.93. The van der Waals surface area contributed by atoms with Crippen LogP contribution in [-0.2, 0) is 0 Å². The van der Waals surface area contributed by atoms with Crippen molar-refractivity contribution in [3.63, 3.8) is 0 Å². The van der Waals surface area contributed by atoms with Gasteiger partial charge in [-0.1, -0.05) is 6.42 Å². The number of fused-ring (bicyclic) bond motifs is 2. The highest BCUT2D eigenvalue weighted by Gasteiger charge is 2.45. The van der Waals surface area contributed by atoms with Crippen LogP contribution in [0.3, 0.4) is 0 Å². The van der Waals surface area contributed by atoms with Crippen molar-refractivity contribution in [3.05, 3.63) is 0 Å². The van der Waals surface area contributed by atoms with Crippen molar-refractivity contribution in [2.45, 2.75) is 37.9 Å². The van der Waals surface area contributed by atoms with E-state index in [0.29, 0.717) is 0 Å². The van der Waals surface area contributed by atoms with Gasteiger partial charge in [0, 0.05) is 19.1 Å². The average Bonchev–Trinajstić information content (AvgIpc) is 2.58. The molecule has 1 heterocycles. The number of likely N-dealkylation sites (tertiary alicyclic amines) is 1. The van der Waals surface area contributed by atoms with Crippen LogP contribution in [0.5, 0.6) is 0 Å². The Labute approximate surface area is 72.9 Å². The SMILES string of the molecule is FC1CN(C2CC3CCC2C3)C1. The Bertz CT molecular complexity index is 188. The minimum absolute atomic E-state index is 0.510. The van der Waals surface area contributed by atoms with E-state index in [4.69, 9.17) is 0 Å². The van der Waals surface area contributed by atoms with Gasteiger partial charge >= 0.3 is 0 Å². The van der Waals surface area contributed by atoms with Crippen molar-refractivity contribution in [2.24, 2.45) is 11.8 Å². The van der Waals surface area contributed by atoms with Crippen LogP contribution in [0.25, 0.3) is 0 Å². The fourth-order valence-electron chi connectivity index (χ4n) is 3.38. The lowest BCUT2D eigenvalue weighted by atomic mass is 9.92. The van der Waals surface area contributed by atoms with Crippen molar-refractivity contribution >= 4 is 0 Å². The summed E-state index contributed by atoms with van der Waals surface area (Å²) < 4.78 is 12.6. The number of rotatable bonds is 1. The molecule has 0 spiro atoms. The van der Waals surface area contributed by atoms with E-state index in [1.165, 1.54) is 25.7 Å².